The number of hydrogen-bond donors (Lipinski definition) is 0. The van der Waals surface area contributed by atoms with Gasteiger partial charge >= 0.3 is 0 Å². The van der Waals surface area contributed by atoms with Gasteiger partial charge in [0.15, 0.2) is 5.78 Å². The molecule has 1 nitrogen and oxygen atoms in total. The van der Waals surface area contributed by atoms with Gasteiger partial charge in [0.2, 0.25) is 0 Å². The van der Waals surface area contributed by atoms with Crippen molar-refractivity contribution in [3.8, 4) is 0 Å². The molecule has 0 aliphatic heterocycles. The van der Waals surface area contributed by atoms with E-state index in [0.717, 1.165) is 37.6 Å². The van der Waals surface area contributed by atoms with Gasteiger partial charge in [0, 0.05) is 31.9 Å². The minimum absolute atomic E-state index is 0.0778. The third-order valence-electron chi connectivity index (χ3n) is 4.42. The zero-order valence-electron chi connectivity index (χ0n) is 14.5. The van der Waals surface area contributed by atoms with E-state index in [1.54, 1.807) is 17.1 Å². The van der Waals surface area contributed by atoms with Crippen LogP contribution in [0.25, 0.3) is 15.4 Å². The summed E-state index contributed by atoms with van der Waals surface area (Å²) in [6, 6.07) is 27.8. The highest BCUT2D eigenvalue weighted by molar-refractivity contribution is 8.17. The molecule has 0 fully saturated rings. The summed E-state index contributed by atoms with van der Waals surface area (Å²) in [4.78, 5) is 15.2. The number of allylic oxidation sites excluding steroid dienone is 2. The van der Waals surface area contributed by atoms with Gasteiger partial charge in [-0.15, -0.1) is 0 Å². The topological polar surface area (TPSA) is 17.1 Å². The maximum Gasteiger partial charge on any atom is 0.195 e. The van der Waals surface area contributed by atoms with Gasteiger partial charge in [-0.1, -0.05) is 109 Å². The monoisotopic (exact) mass is 384 g/mol. The molecule has 0 saturated heterocycles. The van der Waals surface area contributed by atoms with Crippen LogP contribution in [0.3, 0.4) is 0 Å². The molecule has 0 radical (unpaired) electrons. The van der Waals surface area contributed by atoms with E-state index in [0.29, 0.717) is 0 Å². The predicted molar refractivity (Wildman–Crippen MR) is 120 cm³/mol. The molecular formula is C24H16OS2. The van der Waals surface area contributed by atoms with Gasteiger partial charge in [-0.2, -0.15) is 0 Å². The van der Waals surface area contributed by atoms with Crippen LogP contribution in [0.2, 0.25) is 0 Å². The molecule has 4 rings (SSSR count). The lowest BCUT2D eigenvalue weighted by Gasteiger charge is -2.11. The average Bonchev–Trinajstić information content (AvgIpc) is 3.01. The molecule has 130 valence electrons. The Bertz CT molecular complexity index is 1060. The van der Waals surface area contributed by atoms with Crippen LogP contribution >= 0.6 is 24.0 Å². The van der Waals surface area contributed by atoms with Gasteiger partial charge < -0.3 is 0 Å². The average molecular weight is 385 g/mol. The molecule has 0 bridgehead atoms. The highest BCUT2D eigenvalue weighted by Gasteiger charge is 2.31. The molecule has 0 atom stereocenters. The number of carbonyl (C=O) groups is 1. The standard InChI is InChI=1S/C24H16OS2/c25-23-19-13-7-8-14-20(19)24(22(23)18-11-5-2-6-12-18)27-21(15-16-26)17-9-3-1-4-10-17/h1-16H. The summed E-state index contributed by atoms with van der Waals surface area (Å²) in [7, 11) is 0. The van der Waals surface area contributed by atoms with E-state index in [4.69, 9.17) is 12.2 Å². The summed E-state index contributed by atoms with van der Waals surface area (Å²) in [6.07, 6.45) is 1.93. The van der Waals surface area contributed by atoms with Gasteiger partial charge in [-0.3, -0.25) is 4.79 Å². The first-order valence-corrected chi connectivity index (χ1v) is 9.91. The van der Waals surface area contributed by atoms with E-state index in [-0.39, 0.29) is 5.78 Å². The molecule has 0 aromatic heterocycles. The number of carbonyl (C=O) groups excluding carboxylic acids is 1. The molecular weight excluding hydrogens is 368 g/mol. The Hall–Kier alpha value is -2.75. The molecule has 27 heavy (non-hydrogen) atoms. The van der Waals surface area contributed by atoms with Gasteiger partial charge in [0.1, 0.15) is 0 Å². The van der Waals surface area contributed by atoms with E-state index in [1.165, 1.54) is 0 Å². The third-order valence-corrected chi connectivity index (χ3v) is 5.78. The van der Waals surface area contributed by atoms with Crippen molar-refractivity contribution in [1.29, 1.82) is 0 Å². The van der Waals surface area contributed by atoms with Crippen LogP contribution in [-0.4, -0.2) is 11.2 Å². The summed E-state index contributed by atoms with van der Waals surface area (Å²) in [5.74, 6) is 0.0778. The number of fused-ring (bicyclic) bond motifs is 1. The van der Waals surface area contributed by atoms with E-state index in [1.807, 2.05) is 78.9 Å². The number of rotatable bonds is 5. The van der Waals surface area contributed by atoms with Crippen molar-refractivity contribution in [3.63, 3.8) is 0 Å². The SMILES string of the molecule is O=C1C(c2ccccc2)=C(SC(=CC=S)c2ccccc2)c2ccccc21. The Kier molecular flexibility index (Phi) is 5.14. The number of benzene rings is 3. The number of ketones is 1. The Balaban J connectivity index is 1.88. The van der Waals surface area contributed by atoms with Crippen LogP contribution in [-0.2, 0) is 0 Å². The van der Waals surface area contributed by atoms with E-state index in [9.17, 15) is 4.79 Å². The Morgan fingerprint density at radius 3 is 2.04 bits per heavy atom. The first-order chi connectivity index (χ1) is 13.3. The van der Waals surface area contributed by atoms with E-state index in [2.05, 4.69) is 12.1 Å². The Morgan fingerprint density at radius 2 is 1.37 bits per heavy atom. The molecule has 3 aromatic rings. The molecule has 0 spiro atoms. The van der Waals surface area contributed by atoms with Gasteiger partial charge in [-0.25, -0.2) is 0 Å². The molecule has 0 N–H and O–H groups in total. The van der Waals surface area contributed by atoms with Crippen molar-refractivity contribution in [1.82, 2.24) is 0 Å². The van der Waals surface area contributed by atoms with E-state index < -0.39 is 0 Å². The third kappa shape index (κ3) is 3.44. The molecule has 0 amide bonds. The first-order valence-electron chi connectivity index (χ1n) is 8.62. The van der Waals surface area contributed by atoms with E-state index >= 15 is 0 Å². The fraction of sp³-hybridized carbons (Fsp3) is 0. The molecule has 3 aromatic carbocycles. The number of thiocarbonyl (C=S) groups is 1. The van der Waals surface area contributed by atoms with Crippen molar-refractivity contribution < 1.29 is 4.79 Å². The molecule has 3 heteroatoms. The summed E-state index contributed by atoms with van der Waals surface area (Å²) < 4.78 is 0. The van der Waals surface area contributed by atoms with Crippen LogP contribution in [0.5, 0.6) is 0 Å². The lowest BCUT2D eigenvalue weighted by Crippen LogP contribution is -1.97. The summed E-state index contributed by atoms with van der Waals surface area (Å²) in [5.41, 5.74) is 4.52. The normalized spacial score (nSPS) is 13.6. The highest BCUT2D eigenvalue weighted by atomic mass is 32.2. The van der Waals surface area contributed by atoms with Crippen molar-refractivity contribution in [2.45, 2.75) is 0 Å². The van der Waals surface area contributed by atoms with Crippen molar-refractivity contribution in [2.75, 3.05) is 0 Å². The first kappa shape index (κ1) is 17.7. The number of hydrogen-bond acceptors (Lipinski definition) is 3. The largest absolute Gasteiger partial charge is 0.289 e. The summed E-state index contributed by atoms with van der Waals surface area (Å²) in [6.45, 7) is 0. The fourth-order valence-corrected chi connectivity index (χ4v) is 4.62. The van der Waals surface area contributed by atoms with Gasteiger partial charge in [0.25, 0.3) is 0 Å². The van der Waals surface area contributed by atoms with Crippen molar-refractivity contribution in [3.05, 3.63) is 113 Å². The zero-order chi connectivity index (χ0) is 18.6. The molecule has 0 saturated carbocycles. The maximum absolute atomic E-state index is 13.2. The van der Waals surface area contributed by atoms with Gasteiger partial charge in [-0.05, 0) is 17.2 Å². The second kappa shape index (κ2) is 7.87. The molecule has 0 unspecified atom stereocenters. The van der Waals surface area contributed by atoms with Crippen LogP contribution in [0.4, 0.5) is 0 Å². The smallest absolute Gasteiger partial charge is 0.195 e. The minimum atomic E-state index is 0.0778. The maximum atomic E-state index is 13.2. The van der Waals surface area contributed by atoms with Crippen LogP contribution in [0.1, 0.15) is 27.0 Å². The zero-order valence-corrected chi connectivity index (χ0v) is 16.1. The number of Topliss-reactive ketones (excluding diaryl/α,β-unsaturated/α-hetero) is 1. The van der Waals surface area contributed by atoms with Crippen molar-refractivity contribution >= 4 is 50.5 Å². The minimum Gasteiger partial charge on any atom is -0.289 e. The van der Waals surface area contributed by atoms with Crippen LogP contribution in [0, 0.1) is 0 Å². The molecule has 1 aliphatic rings. The molecule has 0 heterocycles. The Morgan fingerprint density at radius 1 is 0.778 bits per heavy atom. The second-order valence-corrected chi connectivity index (χ2v) is 7.40. The molecule has 1 aliphatic carbocycles. The van der Waals surface area contributed by atoms with Crippen LogP contribution in [0.15, 0.2) is 91.0 Å². The van der Waals surface area contributed by atoms with Crippen LogP contribution < -0.4 is 0 Å². The van der Waals surface area contributed by atoms with Crippen molar-refractivity contribution in [2.24, 2.45) is 0 Å². The predicted octanol–water partition coefficient (Wildman–Crippen LogP) is 6.53. The van der Waals surface area contributed by atoms with Gasteiger partial charge in [0.05, 0.1) is 0 Å². The number of thioether (sulfide) groups is 1. The fourth-order valence-electron chi connectivity index (χ4n) is 3.19. The lowest BCUT2D eigenvalue weighted by atomic mass is 10.0. The summed E-state index contributed by atoms with van der Waals surface area (Å²) >= 11 is 6.70. The quantitative estimate of drug-likeness (QED) is 0.368. The second-order valence-electron chi connectivity index (χ2n) is 6.08. The summed E-state index contributed by atoms with van der Waals surface area (Å²) in [5, 5.41) is 1.63. The lowest BCUT2D eigenvalue weighted by molar-refractivity contribution is 0.105. The highest BCUT2D eigenvalue weighted by Crippen LogP contribution is 2.49. The Labute approximate surface area is 168 Å².